The van der Waals surface area contributed by atoms with Crippen molar-refractivity contribution in [3.63, 3.8) is 0 Å². The summed E-state index contributed by atoms with van der Waals surface area (Å²) in [5, 5.41) is 9.75. The third-order valence-electron chi connectivity index (χ3n) is 3.07. The molecule has 0 heterocycles. The van der Waals surface area contributed by atoms with Gasteiger partial charge >= 0.3 is 0 Å². The second-order valence-electron chi connectivity index (χ2n) is 4.71. The van der Waals surface area contributed by atoms with E-state index in [0.29, 0.717) is 5.56 Å². The van der Waals surface area contributed by atoms with E-state index >= 15 is 0 Å². The first kappa shape index (κ1) is 14.6. The molecule has 106 valence electrons. The molecule has 2 N–H and O–H groups in total. The largest absolute Gasteiger partial charge is 0.508 e. The highest BCUT2D eigenvalue weighted by molar-refractivity contribution is 7.89. The van der Waals surface area contributed by atoms with E-state index in [1.54, 1.807) is 49.4 Å². The first-order valence-electron chi connectivity index (χ1n) is 6.27. The van der Waals surface area contributed by atoms with Gasteiger partial charge in [-0.2, -0.15) is 0 Å². The zero-order valence-corrected chi connectivity index (χ0v) is 12.2. The van der Waals surface area contributed by atoms with Crippen molar-refractivity contribution < 1.29 is 13.5 Å². The number of nitrogens with one attached hydrogen (secondary N) is 1. The van der Waals surface area contributed by atoms with E-state index in [9.17, 15) is 13.5 Å². The lowest BCUT2D eigenvalue weighted by Gasteiger charge is -2.15. The van der Waals surface area contributed by atoms with Gasteiger partial charge in [0.1, 0.15) is 5.75 Å². The van der Waals surface area contributed by atoms with Gasteiger partial charge in [0.05, 0.1) is 4.90 Å². The van der Waals surface area contributed by atoms with Crippen LogP contribution in [-0.4, -0.2) is 13.5 Å². The Kier molecular flexibility index (Phi) is 4.11. The fourth-order valence-corrected chi connectivity index (χ4v) is 3.16. The van der Waals surface area contributed by atoms with Crippen LogP contribution in [0.2, 0.25) is 0 Å². The third-order valence-corrected chi connectivity index (χ3v) is 4.62. The van der Waals surface area contributed by atoms with E-state index in [4.69, 9.17) is 0 Å². The zero-order chi connectivity index (χ0) is 14.8. The highest BCUT2D eigenvalue weighted by Gasteiger charge is 2.19. The topological polar surface area (TPSA) is 66.4 Å². The Hall–Kier alpha value is -1.85. The average Bonchev–Trinajstić information content (AvgIpc) is 2.39. The van der Waals surface area contributed by atoms with Gasteiger partial charge in [0.25, 0.3) is 0 Å². The lowest BCUT2D eigenvalue weighted by Crippen LogP contribution is -2.26. The van der Waals surface area contributed by atoms with E-state index < -0.39 is 16.1 Å². The van der Waals surface area contributed by atoms with Crippen LogP contribution in [0.4, 0.5) is 0 Å². The van der Waals surface area contributed by atoms with Crippen LogP contribution in [0.1, 0.15) is 24.1 Å². The maximum atomic E-state index is 12.2. The fourth-order valence-electron chi connectivity index (χ4n) is 1.94. The van der Waals surface area contributed by atoms with Crippen molar-refractivity contribution in [2.24, 2.45) is 0 Å². The van der Waals surface area contributed by atoms with E-state index in [1.165, 1.54) is 6.07 Å². The summed E-state index contributed by atoms with van der Waals surface area (Å²) in [6.07, 6.45) is 0. The van der Waals surface area contributed by atoms with Crippen molar-refractivity contribution >= 4 is 10.0 Å². The smallest absolute Gasteiger partial charge is 0.241 e. The molecule has 2 aromatic carbocycles. The monoisotopic (exact) mass is 291 g/mol. The summed E-state index contributed by atoms with van der Waals surface area (Å²) in [6, 6.07) is 12.8. The van der Waals surface area contributed by atoms with Crippen LogP contribution in [0.25, 0.3) is 0 Å². The molecular formula is C15H17NO3S. The minimum atomic E-state index is -3.60. The predicted molar refractivity (Wildman–Crippen MR) is 78.0 cm³/mol. The number of phenolic OH excluding ortho intramolecular Hbond substituents is 1. The highest BCUT2D eigenvalue weighted by atomic mass is 32.2. The molecule has 1 atom stereocenters. The van der Waals surface area contributed by atoms with Crippen LogP contribution < -0.4 is 4.72 Å². The summed E-state index contributed by atoms with van der Waals surface area (Å²) in [7, 11) is -3.60. The van der Waals surface area contributed by atoms with Crippen molar-refractivity contribution in [3.8, 4) is 5.75 Å². The van der Waals surface area contributed by atoms with Gasteiger partial charge in [-0.15, -0.1) is 0 Å². The summed E-state index contributed by atoms with van der Waals surface area (Å²) >= 11 is 0. The van der Waals surface area contributed by atoms with Crippen molar-refractivity contribution in [1.82, 2.24) is 4.72 Å². The zero-order valence-electron chi connectivity index (χ0n) is 11.4. The van der Waals surface area contributed by atoms with Gasteiger partial charge in [-0.25, -0.2) is 13.1 Å². The van der Waals surface area contributed by atoms with Crippen molar-refractivity contribution in [3.05, 3.63) is 59.7 Å². The van der Waals surface area contributed by atoms with Gasteiger partial charge in [0.15, 0.2) is 0 Å². The standard InChI is InChI=1S/C15H17NO3S/c1-11-7-9-13(10-8-11)20(18,19)16-12(2)14-5-3-4-6-15(14)17/h3-10,12,16-17H,1-2H3. The second-order valence-corrected chi connectivity index (χ2v) is 6.43. The molecule has 0 radical (unpaired) electrons. The quantitative estimate of drug-likeness (QED) is 0.910. The van der Waals surface area contributed by atoms with Crippen molar-refractivity contribution in [2.45, 2.75) is 24.8 Å². The number of hydrogen-bond acceptors (Lipinski definition) is 3. The Morgan fingerprint density at radius 2 is 1.65 bits per heavy atom. The third kappa shape index (κ3) is 3.18. The Balaban J connectivity index is 2.24. The number of para-hydroxylation sites is 1. The molecule has 5 heteroatoms. The molecule has 0 aliphatic rings. The predicted octanol–water partition coefficient (Wildman–Crippen LogP) is 2.74. The molecule has 0 saturated carbocycles. The molecule has 0 spiro atoms. The van der Waals surface area contributed by atoms with Gasteiger partial charge in [0, 0.05) is 11.6 Å². The van der Waals surface area contributed by atoms with Crippen molar-refractivity contribution in [2.75, 3.05) is 0 Å². The van der Waals surface area contributed by atoms with Crippen LogP contribution in [0, 0.1) is 6.92 Å². The maximum absolute atomic E-state index is 12.2. The molecular weight excluding hydrogens is 274 g/mol. The molecule has 0 aliphatic carbocycles. The molecule has 0 aliphatic heterocycles. The lowest BCUT2D eigenvalue weighted by atomic mass is 10.1. The summed E-state index contributed by atoms with van der Waals surface area (Å²) in [5.41, 5.74) is 1.54. The number of aromatic hydroxyl groups is 1. The molecule has 2 aromatic rings. The first-order valence-corrected chi connectivity index (χ1v) is 7.75. The molecule has 4 nitrogen and oxygen atoms in total. The molecule has 0 amide bonds. The average molecular weight is 291 g/mol. The Morgan fingerprint density at radius 3 is 2.25 bits per heavy atom. The molecule has 0 bridgehead atoms. The van der Waals surface area contributed by atoms with E-state index in [1.807, 2.05) is 6.92 Å². The van der Waals surface area contributed by atoms with Gasteiger partial charge in [0.2, 0.25) is 10.0 Å². The van der Waals surface area contributed by atoms with Crippen LogP contribution in [0.5, 0.6) is 5.75 Å². The summed E-state index contributed by atoms with van der Waals surface area (Å²) in [6.45, 7) is 3.59. The Labute approximate surface area is 119 Å². The molecule has 1 unspecified atom stereocenters. The molecule has 0 saturated heterocycles. The van der Waals surface area contributed by atoms with E-state index in [0.717, 1.165) is 5.56 Å². The Morgan fingerprint density at radius 1 is 1.05 bits per heavy atom. The van der Waals surface area contributed by atoms with Crippen LogP contribution in [0.3, 0.4) is 0 Å². The summed E-state index contributed by atoms with van der Waals surface area (Å²) in [4.78, 5) is 0.213. The van der Waals surface area contributed by atoms with Crippen LogP contribution >= 0.6 is 0 Å². The molecule has 0 fully saturated rings. The number of hydrogen-bond donors (Lipinski definition) is 2. The van der Waals surface area contributed by atoms with Gasteiger partial charge in [-0.05, 0) is 32.0 Å². The van der Waals surface area contributed by atoms with E-state index in [2.05, 4.69) is 4.72 Å². The SMILES string of the molecule is Cc1ccc(S(=O)(=O)NC(C)c2ccccc2O)cc1. The minimum absolute atomic E-state index is 0.0756. The number of sulfonamides is 1. The second kappa shape index (κ2) is 5.64. The molecule has 20 heavy (non-hydrogen) atoms. The first-order chi connectivity index (χ1) is 9.40. The van der Waals surface area contributed by atoms with Gasteiger partial charge in [-0.1, -0.05) is 35.9 Å². The molecule has 0 aromatic heterocycles. The van der Waals surface area contributed by atoms with Crippen LogP contribution in [-0.2, 0) is 10.0 Å². The highest BCUT2D eigenvalue weighted by Crippen LogP contribution is 2.24. The minimum Gasteiger partial charge on any atom is -0.508 e. The number of phenols is 1. The number of aryl methyl sites for hydroxylation is 1. The number of rotatable bonds is 4. The van der Waals surface area contributed by atoms with Crippen molar-refractivity contribution in [1.29, 1.82) is 0 Å². The van der Waals surface area contributed by atoms with Gasteiger partial charge < -0.3 is 5.11 Å². The van der Waals surface area contributed by atoms with E-state index in [-0.39, 0.29) is 10.6 Å². The maximum Gasteiger partial charge on any atom is 0.241 e. The fraction of sp³-hybridized carbons (Fsp3) is 0.200. The summed E-state index contributed by atoms with van der Waals surface area (Å²) in [5.74, 6) is 0.0756. The molecule has 2 rings (SSSR count). The van der Waals surface area contributed by atoms with Crippen LogP contribution in [0.15, 0.2) is 53.4 Å². The van der Waals surface area contributed by atoms with Gasteiger partial charge in [-0.3, -0.25) is 0 Å². The lowest BCUT2D eigenvalue weighted by molar-refractivity contribution is 0.460. The number of benzene rings is 2. The summed E-state index contributed by atoms with van der Waals surface area (Å²) < 4.78 is 27.1. The normalized spacial score (nSPS) is 13.1. The Bertz CT molecular complexity index is 693.